The molecule has 0 bridgehead atoms. The summed E-state index contributed by atoms with van der Waals surface area (Å²) in [5.41, 5.74) is 0. The second-order valence-electron chi connectivity index (χ2n) is 6.26. The van der Waals surface area contributed by atoms with Gasteiger partial charge in [-0.05, 0) is 46.3 Å². The Labute approximate surface area is 146 Å². The summed E-state index contributed by atoms with van der Waals surface area (Å²) >= 11 is 0. The Kier molecular flexibility index (Phi) is 21.7. The molecule has 0 heterocycles. The second kappa shape index (κ2) is 19.9. The number of methoxy groups -OCH3 is 2. The summed E-state index contributed by atoms with van der Waals surface area (Å²) in [7, 11) is 3.46. The van der Waals surface area contributed by atoms with E-state index in [0.717, 1.165) is 26.3 Å². The molecule has 0 rings (SSSR count). The van der Waals surface area contributed by atoms with Crippen LogP contribution in [0.1, 0.15) is 60.3 Å². The van der Waals surface area contributed by atoms with Gasteiger partial charge in [-0.3, -0.25) is 4.90 Å². The van der Waals surface area contributed by atoms with E-state index in [1.54, 1.807) is 14.2 Å². The molecule has 0 aliphatic carbocycles. The molecule has 23 heavy (non-hydrogen) atoms. The highest BCUT2D eigenvalue weighted by atomic mass is 16.5. The van der Waals surface area contributed by atoms with E-state index < -0.39 is 0 Å². The molecule has 0 fully saturated rings. The van der Waals surface area contributed by atoms with Gasteiger partial charge in [0.1, 0.15) is 0 Å². The van der Waals surface area contributed by atoms with Crippen LogP contribution in [0, 0.1) is 0 Å². The van der Waals surface area contributed by atoms with Crippen LogP contribution in [-0.2, 0) is 9.47 Å². The highest BCUT2D eigenvalue weighted by Gasteiger charge is 2.07. The Morgan fingerprint density at radius 2 is 1.17 bits per heavy atom. The average Bonchev–Trinajstić information content (AvgIpc) is 2.55. The van der Waals surface area contributed by atoms with Crippen molar-refractivity contribution in [2.75, 3.05) is 60.2 Å². The molecule has 142 valence electrons. The zero-order valence-electron chi connectivity index (χ0n) is 17.1. The first-order valence-electron chi connectivity index (χ1n) is 9.51. The van der Waals surface area contributed by atoms with Crippen LogP contribution in [0.5, 0.6) is 0 Å². The van der Waals surface area contributed by atoms with E-state index >= 15 is 0 Å². The molecule has 0 aromatic rings. The van der Waals surface area contributed by atoms with E-state index in [4.69, 9.17) is 9.47 Å². The van der Waals surface area contributed by atoms with Crippen LogP contribution < -0.4 is 0 Å². The molecule has 0 amide bonds. The van der Waals surface area contributed by atoms with Crippen LogP contribution in [-0.4, -0.2) is 76.0 Å². The van der Waals surface area contributed by atoms with Gasteiger partial charge in [0.05, 0.1) is 13.2 Å². The minimum absolute atomic E-state index is 0.565. The molecule has 0 aliphatic heterocycles. The van der Waals surface area contributed by atoms with Gasteiger partial charge in [-0.15, -0.1) is 0 Å². The van der Waals surface area contributed by atoms with Gasteiger partial charge in [-0.1, -0.05) is 33.6 Å². The molecule has 0 unspecified atom stereocenters. The summed E-state index contributed by atoms with van der Waals surface area (Å²) in [6.45, 7) is 18.5. The van der Waals surface area contributed by atoms with Crippen molar-refractivity contribution in [3.8, 4) is 0 Å². The van der Waals surface area contributed by atoms with Gasteiger partial charge in [-0.2, -0.15) is 0 Å². The molecule has 0 N–H and O–H groups in total. The topological polar surface area (TPSA) is 24.9 Å². The molecular formula is C19H44N2O2. The predicted molar refractivity (Wildman–Crippen MR) is 102 cm³/mol. The number of hydrogen-bond acceptors (Lipinski definition) is 4. The lowest BCUT2D eigenvalue weighted by molar-refractivity contribution is 0.0967. The minimum atomic E-state index is 0.565. The standard InChI is InChI=1S/C10H23N.C9H21NO2/c1-4-7-9-11(6-3)10-8-5-2;1-9(2)10(5-7-11-3)6-8-12-4/h4-10H2,1-3H3;9H,5-8H2,1-4H3. The fourth-order valence-corrected chi connectivity index (χ4v) is 2.24. The SMILES string of the molecule is CCCCN(CC)CCCC.COCCN(CCOC)C(C)C. The third-order valence-corrected chi connectivity index (χ3v) is 4.00. The number of rotatable bonds is 14. The van der Waals surface area contributed by atoms with E-state index in [9.17, 15) is 0 Å². The molecule has 0 aromatic carbocycles. The van der Waals surface area contributed by atoms with E-state index in [0.29, 0.717) is 6.04 Å². The van der Waals surface area contributed by atoms with Crippen molar-refractivity contribution in [2.24, 2.45) is 0 Å². The van der Waals surface area contributed by atoms with Crippen LogP contribution in [0.4, 0.5) is 0 Å². The fourth-order valence-electron chi connectivity index (χ4n) is 2.24. The average molecular weight is 333 g/mol. The predicted octanol–water partition coefficient (Wildman–Crippen LogP) is 3.90. The molecule has 0 saturated heterocycles. The molecule has 0 atom stereocenters. The van der Waals surface area contributed by atoms with Gasteiger partial charge in [0.2, 0.25) is 0 Å². The highest BCUT2D eigenvalue weighted by Crippen LogP contribution is 1.98. The summed E-state index contributed by atoms with van der Waals surface area (Å²) in [6, 6.07) is 0.565. The summed E-state index contributed by atoms with van der Waals surface area (Å²) in [6.07, 6.45) is 5.36. The molecule has 0 saturated carbocycles. The summed E-state index contributed by atoms with van der Waals surface area (Å²) in [4.78, 5) is 4.89. The fraction of sp³-hybridized carbons (Fsp3) is 1.00. The smallest absolute Gasteiger partial charge is 0.0589 e. The monoisotopic (exact) mass is 332 g/mol. The maximum absolute atomic E-state index is 5.02. The Morgan fingerprint density at radius 3 is 1.43 bits per heavy atom. The van der Waals surface area contributed by atoms with Gasteiger partial charge in [-0.25, -0.2) is 0 Å². The molecule has 0 aromatic heterocycles. The first kappa shape index (κ1) is 25.1. The second-order valence-corrected chi connectivity index (χ2v) is 6.26. The zero-order valence-corrected chi connectivity index (χ0v) is 17.1. The van der Waals surface area contributed by atoms with Crippen molar-refractivity contribution in [3.63, 3.8) is 0 Å². The molecular weight excluding hydrogens is 288 g/mol. The van der Waals surface area contributed by atoms with E-state index in [1.165, 1.54) is 45.3 Å². The van der Waals surface area contributed by atoms with Crippen molar-refractivity contribution < 1.29 is 9.47 Å². The first-order valence-corrected chi connectivity index (χ1v) is 9.51. The van der Waals surface area contributed by atoms with Gasteiger partial charge in [0, 0.05) is 33.4 Å². The van der Waals surface area contributed by atoms with Crippen molar-refractivity contribution in [1.82, 2.24) is 9.80 Å². The van der Waals surface area contributed by atoms with E-state index in [-0.39, 0.29) is 0 Å². The van der Waals surface area contributed by atoms with Crippen molar-refractivity contribution in [2.45, 2.75) is 66.3 Å². The molecule has 0 spiro atoms. The Hall–Kier alpha value is -0.160. The van der Waals surface area contributed by atoms with Gasteiger partial charge < -0.3 is 14.4 Å². The first-order chi connectivity index (χ1) is 11.1. The number of nitrogens with zero attached hydrogens (tertiary/aromatic N) is 2. The lowest BCUT2D eigenvalue weighted by Crippen LogP contribution is -2.36. The van der Waals surface area contributed by atoms with Gasteiger partial charge in [0.25, 0.3) is 0 Å². The van der Waals surface area contributed by atoms with Crippen molar-refractivity contribution in [1.29, 1.82) is 0 Å². The lowest BCUT2D eigenvalue weighted by atomic mass is 10.2. The number of unbranched alkanes of at least 4 members (excludes halogenated alkanes) is 2. The van der Waals surface area contributed by atoms with Gasteiger partial charge in [0.15, 0.2) is 0 Å². The molecule has 0 radical (unpaired) electrons. The van der Waals surface area contributed by atoms with E-state index in [2.05, 4.69) is 44.4 Å². The maximum atomic E-state index is 5.02. The van der Waals surface area contributed by atoms with Crippen LogP contribution in [0.15, 0.2) is 0 Å². The number of ether oxygens (including phenoxy) is 2. The summed E-state index contributed by atoms with van der Waals surface area (Å²) in [5.74, 6) is 0. The maximum Gasteiger partial charge on any atom is 0.0589 e. The van der Waals surface area contributed by atoms with Crippen LogP contribution in [0.2, 0.25) is 0 Å². The summed E-state index contributed by atoms with van der Waals surface area (Å²) < 4.78 is 10.0. The molecule has 0 aliphatic rings. The Morgan fingerprint density at radius 1 is 0.739 bits per heavy atom. The number of hydrogen-bond donors (Lipinski definition) is 0. The molecule has 4 heteroatoms. The minimum Gasteiger partial charge on any atom is -0.383 e. The Balaban J connectivity index is 0. The molecule has 4 nitrogen and oxygen atoms in total. The van der Waals surface area contributed by atoms with Crippen molar-refractivity contribution >= 4 is 0 Å². The highest BCUT2D eigenvalue weighted by molar-refractivity contribution is 4.61. The Bertz CT molecular complexity index is 198. The van der Waals surface area contributed by atoms with Crippen LogP contribution in [0.25, 0.3) is 0 Å². The van der Waals surface area contributed by atoms with Crippen LogP contribution in [0.3, 0.4) is 0 Å². The van der Waals surface area contributed by atoms with Crippen LogP contribution >= 0.6 is 0 Å². The largest absolute Gasteiger partial charge is 0.383 e. The quantitative estimate of drug-likeness (QED) is 0.482. The zero-order chi connectivity index (χ0) is 17.9. The third kappa shape index (κ3) is 18.0. The van der Waals surface area contributed by atoms with Crippen molar-refractivity contribution in [3.05, 3.63) is 0 Å². The van der Waals surface area contributed by atoms with E-state index in [1.807, 2.05) is 0 Å². The lowest BCUT2D eigenvalue weighted by Gasteiger charge is -2.25. The van der Waals surface area contributed by atoms with Gasteiger partial charge >= 0.3 is 0 Å². The summed E-state index contributed by atoms with van der Waals surface area (Å²) in [5, 5.41) is 0. The normalized spacial score (nSPS) is 11.2. The third-order valence-electron chi connectivity index (χ3n) is 4.00.